The van der Waals surface area contributed by atoms with E-state index in [4.69, 9.17) is 5.41 Å². The predicted molar refractivity (Wildman–Crippen MR) is 85.6 cm³/mol. The SMILES string of the molecule is CC([c-]1cccc1)n1cnc2nc[nH]c2c1=N.[Fe+2].c1cc[cH-]c1. The van der Waals surface area contributed by atoms with Crippen molar-refractivity contribution in [3.05, 3.63) is 78.3 Å². The van der Waals surface area contributed by atoms with E-state index in [0.29, 0.717) is 16.7 Å². The third-order valence-corrected chi connectivity index (χ3v) is 3.56. The smallest absolute Gasteiger partial charge is 0.340 e. The molecule has 118 valence electrons. The average molecular weight is 347 g/mol. The van der Waals surface area contributed by atoms with Crippen LogP contribution in [0.1, 0.15) is 18.5 Å². The molecule has 2 aromatic heterocycles. The fraction of sp³-hybridized carbons (Fsp3) is 0.118. The fourth-order valence-corrected chi connectivity index (χ4v) is 2.31. The maximum absolute atomic E-state index is 8.14. The van der Waals surface area contributed by atoms with Crippen molar-refractivity contribution in [1.82, 2.24) is 19.5 Å². The van der Waals surface area contributed by atoms with Gasteiger partial charge in [-0.05, 0) is 0 Å². The molecule has 0 spiro atoms. The largest absolute Gasteiger partial charge is 2.00 e. The summed E-state index contributed by atoms with van der Waals surface area (Å²) in [5.74, 6) is 0. The van der Waals surface area contributed by atoms with Crippen LogP contribution in [-0.4, -0.2) is 19.5 Å². The zero-order chi connectivity index (χ0) is 15.4. The molecule has 0 aliphatic rings. The van der Waals surface area contributed by atoms with Crippen LogP contribution in [-0.2, 0) is 17.1 Å². The van der Waals surface area contributed by atoms with E-state index in [0.717, 1.165) is 0 Å². The maximum atomic E-state index is 8.14. The molecule has 0 bridgehead atoms. The molecule has 0 fully saturated rings. The quantitative estimate of drug-likeness (QED) is 0.432. The van der Waals surface area contributed by atoms with Crippen LogP contribution >= 0.6 is 0 Å². The molecule has 6 heteroatoms. The Bertz CT molecular complexity index is 854. The zero-order valence-electron chi connectivity index (χ0n) is 12.6. The summed E-state index contributed by atoms with van der Waals surface area (Å²) < 4.78 is 1.83. The minimum absolute atomic E-state index is 0. The first kappa shape index (κ1) is 16.9. The number of nitrogens with one attached hydrogen (secondary N) is 2. The number of nitrogens with zero attached hydrogens (tertiary/aromatic N) is 3. The van der Waals surface area contributed by atoms with Crippen molar-refractivity contribution in [1.29, 1.82) is 5.41 Å². The van der Waals surface area contributed by atoms with E-state index in [1.54, 1.807) is 12.7 Å². The minimum atomic E-state index is 0. The number of hydrogen-bond donors (Lipinski definition) is 2. The van der Waals surface area contributed by atoms with Gasteiger partial charge in [0.1, 0.15) is 5.52 Å². The Balaban J connectivity index is 0.000000276. The summed E-state index contributed by atoms with van der Waals surface area (Å²) in [7, 11) is 0. The van der Waals surface area contributed by atoms with E-state index in [-0.39, 0.29) is 23.1 Å². The monoisotopic (exact) mass is 347 g/mol. The van der Waals surface area contributed by atoms with Gasteiger partial charge in [-0.25, -0.2) is 34.2 Å². The second-order valence-corrected chi connectivity index (χ2v) is 4.96. The molecule has 0 amide bonds. The standard InChI is InChI=1S/C12H12N5.C5H5.Fe/c1-8(9-4-2-3-5-9)17-7-16-12-10(11(17)13)14-6-15-12;1-2-4-5-3-1;/h2-8,13H,1H3,(H,14,15);1-5H;/q2*-1;+2. The summed E-state index contributed by atoms with van der Waals surface area (Å²) in [4.78, 5) is 11.2. The number of hydrogen-bond acceptors (Lipinski definition) is 3. The Kier molecular flexibility index (Phi) is 5.68. The summed E-state index contributed by atoms with van der Waals surface area (Å²) >= 11 is 0. The van der Waals surface area contributed by atoms with Crippen molar-refractivity contribution >= 4 is 11.2 Å². The molecule has 23 heavy (non-hydrogen) atoms. The molecule has 5 nitrogen and oxygen atoms in total. The first-order chi connectivity index (χ1) is 10.8. The Labute approximate surface area is 144 Å². The van der Waals surface area contributed by atoms with Crippen LogP contribution < -0.4 is 5.49 Å². The van der Waals surface area contributed by atoms with E-state index >= 15 is 0 Å². The maximum Gasteiger partial charge on any atom is 2.00 e. The first-order valence-corrected chi connectivity index (χ1v) is 7.10. The second-order valence-electron chi connectivity index (χ2n) is 4.96. The molecule has 0 saturated heterocycles. The third kappa shape index (κ3) is 3.67. The van der Waals surface area contributed by atoms with E-state index < -0.39 is 0 Å². The van der Waals surface area contributed by atoms with Crippen LogP contribution in [0, 0.1) is 5.41 Å². The third-order valence-electron chi connectivity index (χ3n) is 3.56. The molecule has 2 heterocycles. The molecule has 1 unspecified atom stereocenters. The number of aromatic amines is 1. The predicted octanol–water partition coefficient (Wildman–Crippen LogP) is 2.97. The Hall–Kier alpha value is -2.43. The molecule has 2 aromatic carbocycles. The summed E-state index contributed by atoms with van der Waals surface area (Å²) in [6.07, 6.45) is 3.23. The van der Waals surface area contributed by atoms with Gasteiger partial charge in [0.2, 0.25) is 0 Å². The molecule has 1 atom stereocenters. The summed E-state index contributed by atoms with van der Waals surface area (Å²) in [6.45, 7) is 2.05. The number of aromatic nitrogens is 4. The minimum Gasteiger partial charge on any atom is -0.340 e. The molecule has 0 saturated carbocycles. The van der Waals surface area contributed by atoms with E-state index in [9.17, 15) is 0 Å². The average Bonchev–Trinajstić information content (AvgIpc) is 3.28. The number of imidazole rings is 1. The van der Waals surface area contributed by atoms with Gasteiger partial charge in [0.25, 0.3) is 0 Å². The van der Waals surface area contributed by atoms with Gasteiger partial charge in [0.05, 0.1) is 12.7 Å². The van der Waals surface area contributed by atoms with Crippen LogP contribution in [0.2, 0.25) is 0 Å². The van der Waals surface area contributed by atoms with Gasteiger partial charge in [0, 0.05) is 6.04 Å². The zero-order valence-corrected chi connectivity index (χ0v) is 13.7. The summed E-state index contributed by atoms with van der Waals surface area (Å²) in [6, 6.07) is 18.2. The van der Waals surface area contributed by atoms with E-state index in [2.05, 4.69) is 21.9 Å². The molecule has 4 aromatic rings. The Morgan fingerprint density at radius 2 is 1.87 bits per heavy atom. The van der Waals surface area contributed by atoms with E-state index in [1.807, 2.05) is 59.2 Å². The molecule has 4 rings (SSSR count). The van der Waals surface area contributed by atoms with Crippen molar-refractivity contribution in [3.63, 3.8) is 0 Å². The van der Waals surface area contributed by atoms with E-state index in [1.165, 1.54) is 5.56 Å². The molecule has 0 radical (unpaired) electrons. The normalized spacial score (nSPS) is 11.3. The summed E-state index contributed by atoms with van der Waals surface area (Å²) in [5.41, 5.74) is 2.83. The van der Waals surface area contributed by atoms with Crippen molar-refractivity contribution in [2.75, 3.05) is 0 Å². The molecule has 0 aliphatic heterocycles. The molecule has 0 aliphatic carbocycles. The number of fused-ring (bicyclic) bond motifs is 1. The van der Waals surface area contributed by atoms with Crippen LogP contribution in [0.3, 0.4) is 0 Å². The molecule has 2 N–H and O–H groups in total. The van der Waals surface area contributed by atoms with Crippen molar-refractivity contribution in [3.8, 4) is 0 Å². The van der Waals surface area contributed by atoms with Gasteiger partial charge in [-0.1, -0.05) is 6.92 Å². The number of H-pyrrole nitrogens is 1. The summed E-state index contributed by atoms with van der Waals surface area (Å²) in [5, 5.41) is 8.14. The molecular weight excluding hydrogens is 330 g/mol. The van der Waals surface area contributed by atoms with Gasteiger partial charge >= 0.3 is 17.1 Å². The van der Waals surface area contributed by atoms with Gasteiger partial charge in [-0.3, -0.25) is 5.41 Å². The van der Waals surface area contributed by atoms with Gasteiger partial charge < -0.3 is 9.55 Å². The first-order valence-electron chi connectivity index (χ1n) is 7.10. The van der Waals surface area contributed by atoms with Crippen molar-refractivity contribution in [2.45, 2.75) is 13.0 Å². The van der Waals surface area contributed by atoms with Gasteiger partial charge in [-0.2, -0.15) is 30.3 Å². The van der Waals surface area contributed by atoms with Crippen LogP contribution in [0.25, 0.3) is 11.2 Å². The van der Waals surface area contributed by atoms with Crippen LogP contribution in [0.4, 0.5) is 0 Å². The van der Waals surface area contributed by atoms with Crippen LogP contribution in [0.15, 0.2) is 67.3 Å². The van der Waals surface area contributed by atoms with Gasteiger partial charge in [-0.15, -0.1) is 5.56 Å². The Morgan fingerprint density at radius 1 is 1.17 bits per heavy atom. The van der Waals surface area contributed by atoms with Gasteiger partial charge in [0.15, 0.2) is 11.1 Å². The topological polar surface area (TPSA) is 70.3 Å². The Morgan fingerprint density at radius 3 is 2.48 bits per heavy atom. The van der Waals surface area contributed by atoms with Crippen molar-refractivity contribution < 1.29 is 17.1 Å². The number of rotatable bonds is 2. The fourth-order valence-electron chi connectivity index (χ4n) is 2.31. The van der Waals surface area contributed by atoms with Crippen molar-refractivity contribution in [2.24, 2.45) is 0 Å². The van der Waals surface area contributed by atoms with Crippen LogP contribution in [0.5, 0.6) is 0 Å². The molecular formula is C17H17FeN5. The second kappa shape index (κ2) is 7.72.